The SMILES string of the molecule is C=CC(=O)N1CCCC(n2nc(C3=CCC(C)(Oc4ccccc4)C=C3)c3c(N)ncnc32)C1. The lowest BCUT2D eigenvalue weighted by atomic mass is 9.92. The van der Waals surface area contributed by atoms with Gasteiger partial charge in [-0.15, -0.1) is 0 Å². The molecule has 0 saturated carbocycles. The average Bonchev–Trinajstić information content (AvgIpc) is 3.25. The predicted octanol–water partition coefficient (Wildman–Crippen LogP) is 3.94. The zero-order valence-electron chi connectivity index (χ0n) is 19.2. The van der Waals surface area contributed by atoms with E-state index in [4.69, 9.17) is 15.6 Å². The number of hydrogen-bond acceptors (Lipinski definition) is 6. The topological polar surface area (TPSA) is 99.2 Å². The van der Waals surface area contributed by atoms with Crippen LogP contribution in [0.25, 0.3) is 16.6 Å². The molecule has 2 unspecified atom stereocenters. The fraction of sp³-hybridized carbons (Fsp3) is 0.308. The summed E-state index contributed by atoms with van der Waals surface area (Å²) in [6, 6.07) is 9.80. The zero-order valence-corrected chi connectivity index (χ0v) is 19.2. The van der Waals surface area contributed by atoms with Gasteiger partial charge in [0, 0.05) is 19.5 Å². The van der Waals surface area contributed by atoms with Gasteiger partial charge in [-0.3, -0.25) is 4.79 Å². The zero-order chi connectivity index (χ0) is 23.7. The van der Waals surface area contributed by atoms with E-state index < -0.39 is 5.60 Å². The van der Waals surface area contributed by atoms with Crippen molar-refractivity contribution >= 4 is 28.3 Å². The van der Waals surface area contributed by atoms with Gasteiger partial charge in [-0.05, 0) is 49.6 Å². The summed E-state index contributed by atoms with van der Waals surface area (Å²) in [5.41, 5.74) is 8.23. The molecular weight excluding hydrogens is 428 g/mol. The minimum Gasteiger partial charge on any atom is -0.483 e. The van der Waals surface area contributed by atoms with Crippen LogP contribution in [0.3, 0.4) is 0 Å². The van der Waals surface area contributed by atoms with E-state index in [1.165, 1.54) is 12.4 Å². The van der Waals surface area contributed by atoms with Gasteiger partial charge in [0.15, 0.2) is 5.65 Å². The van der Waals surface area contributed by atoms with Crippen LogP contribution in [-0.2, 0) is 4.79 Å². The number of hydrogen-bond donors (Lipinski definition) is 1. The lowest BCUT2D eigenvalue weighted by molar-refractivity contribution is -0.127. The highest BCUT2D eigenvalue weighted by atomic mass is 16.5. The van der Waals surface area contributed by atoms with E-state index in [2.05, 4.69) is 35.6 Å². The van der Waals surface area contributed by atoms with Gasteiger partial charge in [-0.2, -0.15) is 5.10 Å². The summed E-state index contributed by atoms with van der Waals surface area (Å²) >= 11 is 0. The third-order valence-corrected chi connectivity index (χ3v) is 6.46. The molecule has 1 saturated heterocycles. The van der Waals surface area contributed by atoms with Crippen LogP contribution >= 0.6 is 0 Å². The first-order valence-corrected chi connectivity index (χ1v) is 11.5. The van der Waals surface area contributed by atoms with Crippen molar-refractivity contribution in [1.29, 1.82) is 0 Å². The maximum absolute atomic E-state index is 12.2. The van der Waals surface area contributed by atoms with E-state index in [9.17, 15) is 4.79 Å². The second-order valence-electron chi connectivity index (χ2n) is 8.96. The van der Waals surface area contributed by atoms with Gasteiger partial charge in [-0.25, -0.2) is 14.6 Å². The van der Waals surface area contributed by atoms with Crippen molar-refractivity contribution in [3.63, 3.8) is 0 Å². The molecular formula is C26H28N6O2. The van der Waals surface area contributed by atoms with Gasteiger partial charge < -0.3 is 15.4 Å². The predicted molar refractivity (Wildman–Crippen MR) is 132 cm³/mol. The second kappa shape index (κ2) is 8.78. The molecule has 0 spiro atoms. The van der Waals surface area contributed by atoms with Gasteiger partial charge >= 0.3 is 0 Å². The molecule has 2 atom stereocenters. The number of amides is 1. The summed E-state index contributed by atoms with van der Waals surface area (Å²) in [5.74, 6) is 1.16. The maximum Gasteiger partial charge on any atom is 0.246 e. The number of anilines is 1. The first kappa shape index (κ1) is 21.9. The molecule has 1 aliphatic heterocycles. The Hall–Kier alpha value is -3.94. The Bertz CT molecular complexity index is 1300. The van der Waals surface area contributed by atoms with Gasteiger partial charge in [0.2, 0.25) is 5.91 Å². The number of para-hydroxylation sites is 1. The van der Waals surface area contributed by atoms with Crippen molar-refractivity contribution in [3.8, 4) is 5.75 Å². The van der Waals surface area contributed by atoms with Crippen LogP contribution in [0, 0.1) is 0 Å². The number of ether oxygens (including phenoxy) is 1. The molecule has 1 aliphatic carbocycles. The minimum absolute atomic E-state index is 0.00282. The first-order valence-electron chi connectivity index (χ1n) is 11.5. The molecule has 2 N–H and O–H groups in total. The van der Waals surface area contributed by atoms with Crippen LogP contribution in [0.5, 0.6) is 5.75 Å². The standard InChI is InChI=1S/C26H28N6O2/c1-3-21(33)31-15-7-8-19(16-31)32-25-22(24(27)28-17-29-25)23(30-32)18-11-13-26(2,14-12-18)34-20-9-5-4-6-10-20/h3-6,9-13,17,19H,1,7-8,14-16H2,2H3,(H2,27,28,29). The number of piperidine rings is 1. The number of carbonyl (C=O) groups excluding carboxylic acids is 1. The van der Waals surface area contributed by atoms with E-state index in [-0.39, 0.29) is 11.9 Å². The molecule has 0 bridgehead atoms. The lowest BCUT2D eigenvalue weighted by Crippen LogP contribution is -2.40. The molecule has 8 heteroatoms. The number of nitrogens with zero attached hydrogens (tertiary/aromatic N) is 5. The van der Waals surface area contributed by atoms with Gasteiger partial charge in [-0.1, -0.05) is 36.9 Å². The molecule has 2 aromatic heterocycles. The number of fused-ring (bicyclic) bond motifs is 1. The first-order chi connectivity index (χ1) is 16.5. The molecule has 0 radical (unpaired) electrons. The molecule has 8 nitrogen and oxygen atoms in total. The summed E-state index contributed by atoms with van der Waals surface area (Å²) in [6.07, 6.45) is 11.5. The summed E-state index contributed by atoms with van der Waals surface area (Å²) in [4.78, 5) is 22.8. The molecule has 34 heavy (non-hydrogen) atoms. The van der Waals surface area contributed by atoms with Gasteiger partial charge in [0.25, 0.3) is 0 Å². The summed E-state index contributed by atoms with van der Waals surface area (Å²) in [5, 5.41) is 5.69. The largest absolute Gasteiger partial charge is 0.483 e. The van der Waals surface area contributed by atoms with Crippen LogP contribution < -0.4 is 10.5 Å². The molecule has 174 valence electrons. The van der Waals surface area contributed by atoms with Gasteiger partial charge in [0.05, 0.1) is 11.4 Å². The number of likely N-dealkylation sites (tertiary alicyclic amines) is 1. The Morgan fingerprint density at radius 1 is 1.29 bits per heavy atom. The highest BCUT2D eigenvalue weighted by Crippen LogP contribution is 2.36. The molecule has 1 fully saturated rings. The van der Waals surface area contributed by atoms with Crippen LogP contribution in [0.4, 0.5) is 5.82 Å². The van der Waals surface area contributed by atoms with Crippen LogP contribution in [-0.4, -0.2) is 49.2 Å². The molecule has 3 aromatic rings. The normalized spacial score (nSPS) is 22.4. The Morgan fingerprint density at radius 3 is 2.85 bits per heavy atom. The van der Waals surface area contributed by atoms with Crippen molar-refractivity contribution in [1.82, 2.24) is 24.6 Å². The van der Waals surface area contributed by atoms with Crippen molar-refractivity contribution < 1.29 is 9.53 Å². The van der Waals surface area contributed by atoms with Crippen molar-refractivity contribution in [3.05, 3.63) is 73.2 Å². The number of benzene rings is 1. The number of allylic oxidation sites excluding steroid dienone is 2. The highest BCUT2D eigenvalue weighted by Gasteiger charge is 2.30. The summed E-state index contributed by atoms with van der Waals surface area (Å²) in [7, 11) is 0. The van der Waals surface area contributed by atoms with E-state index in [1.807, 2.05) is 46.0 Å². The van der Waals surface area contributed by atoms with Gasteiger partial charge in [0.1, 0.15) is 29.2 Å². The van der Waals surface area contributed by atoms with E-state index >= 15 is 0 Å². The molecule has 5 rings (SSSR count). The molecule has 1 aromatic carbocycles. The quantitative estimate of drug-likeness (QED) is 0.584. The Morgan fingerprint density at radius 2 is 2.12 bits per heavy atom. The fourth-order valence-corrected chi connectivity index (χ4v) is 4.66. The molecule has 1 amide bonds. The molecule has 2 aliphatic rings. The Labute approximate surface area is 198 Å². The van der Waals surface area contributed by atoms with Crippen molar-refractivity contribution in [2.45, 2.75) is 37.8 Å². The minimum atomic E-state index is -0.458. The van der Waals surface area contributed by atoms with Crippen LogP contribution in [0.2, 0.25) is 0 Å². The van der Waals surface area contributed by atoms with Crippen LogP contribution in [0.15, 0.2) is 67.5 Å². The third-order valence-electron chi connectivity index (χ3n) is 6.46. The summed E-state index contributed by atoms with van der Waals surface area (Å²) in [6.45, 7) is 6.96. The highest BCUT2D eigenvalue weighted by molar-refractivity contribution is 5.97. The number of nitrogen functional groups attached to an aromatic ring is 1. The summed E-state index contributed by atoms with van der Waals surface area (Å²) < 4.78 is 8.14. The van der Waals surface area contributed by atoms with E-state index in [0.29, 0.717) is 24.4 Å². The van der Waals surface area contributed by atoms with Crippen molar-refractivity contribution in [2.75, 3.05) is 18.8 Å². The lowest BCUT2D eigenvalue weighted by Gasteiger charge is -2.32. The number of carbonyl (C=O) groups is 1. The Balaban J connectivity index is 1.47. The fourth-order valence-electron chi connectivity index (χ4n) is 4.66. The van der Waals surface area contributed by atoms with Crippen LogP contribution in [0.1, 0.15) is 37.9 Å². The molecule has 3 heterocycles. The monoisotopic (exact) mass is 456 g/mol. The Kier molecular flexibility index (Phi) is 5.65. The number of rotatable bonds is 5. The smallest absolute Gasteiger partial charge is 0.246 e. The van der Waals surface area contributed by atoms with Crippen molar-refractivity contribution in [2.24, 2.45) is 0 Å². The van der Waals surface area contributed by atoms with E-state index in [0.717, 1.165) is 41.8 Å². The number of nitrogens with two attached hydrogens (primary N) is 1. The third kappa shape index (κ3) is 4.07. The maximum atomic E-state index is 12.2. The second-order valence-corrected chi connectivity index (χ2v) is 8.96. The average molecular weight is 457 g/mol. The number of aromatic nitrogens is 4. The van der Waals surface area contributed by atoms with E-state index in [1.54, 1.807) is 0 Å².